The minimum Gasteiger partial charge on any atom is -0.293 e. The Hall–Kier alpha value is -0.920. The van der Waals surface area contributed by atoms with E-state index in [1.54, 1.807) is 13.2 Å². The van der Waals surface area contributed by atoms with Gasteiger partial charge in [0.25, 0.3) is 0 Å². The molecule has 0 rings (SSSR count). The van der Waals surface area contributed by atoms with Crippen molar-refractivity contribution in [2.75, 3.05) is 7.05 Å². The van der Waals surface area contributed by atoms with E-state index in [2.05, 4.69) is 16.7 Å². The fourth-order valence-corrected chi connectivity index (χ4v) is 0.407. The lowest BCUT2D eigenvalue weighted by Gasteiger charge is -1.93. The molecule has 0 atom stereocenters. The molecule has 0 unspecified atom stereocenters. The highest BCUT2D eigenvalue weighted by atomic mass is 14.7. The lowest BCUT2D eigenvalue weighted by atomic mass is 10.2. The summed E-state index contributed by atoms with van der Waals surface area (Å²) in [5.74, 6) is 0. The van der Waals surface area contributed by atoms with E-state index in [-0.39, 0.29) is 0 Å². The summed E-state index contributed by atoms with van der Waals surface area (Å²) in [4.78, 5) is 7.58. The summed E-state index contributed by atoms with van der Waals surface area (Å²) in [6, 6.07) is 0. The van der Waals surface area contributed by atoms with Crippen molar-refractivity contribution in [3.8, 4) is 0 Å². The fourth-order valence-electron chi connectivity index (χ4n) is 0.407. The molecule has 0 amide bonds. The monoisotopic (exact) mass is 124 g/mol. The van der Waals surface area contributed by atoms with Crippen LogP contribution < -0.4 is 0 Å². The molecule has 0 heterocycles. The molecule has 0 aromatic rings. The van der Waals surface area contributed by atoms with E-state index in [1.807, 2.05) is 13.8 Å². The number of rotatable bonds is 2. The summed E-state index contributed by atoms with van der Waals surface area (Å²) in [6.07, 6.45) is 1.70. The zero-order valence-electron chi connectivity index (χ0n) is 6.18. The third-order valence-corrected chi connectivity index (χ3v) is 1.19. The van der Waals surface area contributed by atoms with Crippen LogP contribution in [0.1, 0.15) is 13.8 Å². The normalized spacial score (nSPS) is 13.7. The second-order valence-electron chi connectivity index (χ2n) is 1.80. The first-order valence-corrected chi connectivity index (χ1v) is 2.78. The molecule has 0 aromatic carbocycles. The van der Waals surface area contributed by atoms with Crippen LogP contribution in [0.3, 0.4) is 0 Å². The molecular formula is C7H12N2. The van der Waals surface area contributed by atoms with Gasteiger partial charge in [-0.25, -0.2) is 0 Å². The van der Waals surface area contributed by atoms with Gasteiger partial charge in [-0.1, -0.05) is 0 Å². The van der Waals surface area contributed by atoms with Crippen LogP contribution in [0.4, 0.5) is 0 Å². The molecular weight excluding hydrogens is 112 g/mol. The van der Waals surface area contributed by atoms with Crippen LogP contribution in [0.25, 0.3) is 0 Å². The van der Waals surface area contributed by atoms with Crippen LogP contribution in [-0.4, -0.2) is 19.5 Å². The van der Waals surface area contributed by atoms with Crippen molar-refractivity contribution in [3.05, 3.63) is 11.8 Å². The molecule has 0 saturated carbocycles. The van der Waals surface area contributed by atoms with E-state index >= 15 is 0 Å². The summed E-state index contributed by atoms with van der Waals surface area (Å²) >= 11 is 0. The van der Waals surface area contributed by atoms with Gasteiger partial charge in [-0.05, 0) is 26.1 Å². The van der Waals surface area contributed by atoms with Crippen molar-refractivity contribution >= 4 is 12.4 Å². The molecule has 0 saturated heterocycles. The number of hydrogen-bond acceptors (Lipinski definition) is 2. The van der Waals surface area contributed by atoms with Gasteiger partial charge in [-0.3, -0.25) is 9.98 Å². The number of hydrogen-bond donors (Lipinski definition) is 0. The third kappa shape index (κ3) is 2.80. The van der Waals surface area contributed by atoms with E-state index in [1.165, 1.54) is 0 Å². The zero-order valence-corrected chi connectivity index (χ0v) is 6.18. The number of nitrogens with zero attached hydrogens (tertiary/aromatic N) is 2. The van der Waals surface area contributed by atoms with Crippen LogP contribution in [0, 0.1) is 0 Å². The predicted octanol–water partition coefficient (Wildman–Crippen LogP) is 1.68. The van der Waals surface area contributed by atoms with Gasteiger partial charge in [-0.2, -0.15) is 0 Å². The molecule has 9 heavy (non-hydrogen) atoms. The molecule has 0 spiro atoms. The summed E-state index contributed by atoms with van der Waals surface area (Å²) in [5, 5.41) is 0. The molecule has 0 aliphatic heterocycles. The Morgan fingerprint density at radius 1 is 1.44 bits per heavy atom. The molecule has 0 bridgehead atoms. The van der Waals surface area contributed by atoms with Crippen LogP contribution in [-0.2, 0) is 0 Å². The number of aliphatic imine (C=N–C) groups is 2. The van der Waals surface area contributed by atoms with Crippen molar-refractivity contribution in [2.24, 2.45) is 9.98 Å². The van der Waals surface area contributed by atoms with Gasteiger partial charge in [-0.15, -0.1) is 0 Å². The van der Waals surface area contributed by atoms with Gasteiger partial charge in [0.05, 0.1) is 0 Å². The van der Waals surface area contributed by atoms with E-state index in [0.29, 0.717) is 0 Å². The van der Waals surface area contributed by atoms with Crippen LogP contribution in [0.5, 0.6) is 0 Å². The smallest absolute Gasteiger partial charge is 0.0358 e. The van der Waals surface area contributed by atoms with Gasteiger partial charge < -0.3 is 0 Å². The van der Waals surface area contributed by atoms with E-state index in [9.17, 15) is 0 Å². The second kappa shape index (κ2) is 4.01. The second-order valence-corrected chi connectivity index (χ2v) is 1.80. The Kier molecular flexibility index (Phi) is 3.60. The topological polar surface area (TPSA) is 24.7 Å². The maximum absolute atomic E-state index is 3.97. The third-order valence-electron chi connectivity index (χ3n) is 1.19. The maximum Gasteiger partial charge on any atom is 0.0358 e. The molecule has 0 N–H and O–H groups in total. The molecule has 2 heteroatoms. The summed E-state index contributed by atoms with van der Waals surface area (Å²) in [6.45, 7) is 7.23. The fraction of sp³-hybridized carbons (Fsp3) is 0.429. The van der Waals surface area contributed by atoms with Gasteiger partial charge in [0.15, 0.2) is 0 Å². The predicted molar refractivity (Wildman–Crippen MR) is 42.3 cm³/mol. The summed E-state index contributed by atoms with van der Waals surface area (Å²) in [7, 11) is 1.76. The Morgan fingerprint density at radius 2 is 2.00 bits per heavy atom. The van der Waals surface area contributed by atoms with Crippen molar-refractivity contribution < 1.29 is 0 Å². The molecule has 0 fully saturated rings. The largest absolute Gasteiger partial charge is 0.293 e. The maximum atomic E-state index is 3.97. The van der Waals surface area contributed by atoms with Gasteiger partial charge in [0.1, 0.15) is 0 Å². The lowest BCUT2D eigenvalue weighted by Crippen LogP contribution is -1.90. The van der Waals surface area contributed by atoms with Crippen molar-refractivity contribution in [3.63, 3.8) is 0 Å². The zero-order chi connectivity index (χ0) is 7.28. The average molecular weight is 124 g/mol. The van der Waals surface area contributed by atoms with E-state index < -0.39 is 0 Å². The van der Waals surface area contributed by atoms with Gasteiger partial charge in [0.2, 0.25) is 0 Å². The molecule has 2 nitrogen and oxygen atoms in total. The summed E-state index contributed by atoms with van der Waals surface area (Å²) in [5.41, 5.74) is 2.06. The molecule has 0 aliphatic carbocycles. The first-order valence-electron chi connectivity index (χ1n) is 2.78. The molecule has 0 radical (unpaired) electrons. The van der Waals surface area contributed by atoms with Gasteiger partial charge in [0, 0.05) is 19.0 Å². The van der Waals surface area contributed by atoms with Crippen molar-refractivity contribution in [1.29, 1.82) is 0 Å². The Labute approximate surface area is 56.0 Å². The van der Waals surface area contributed by atoms with Gasteiger partial charge >= 0.3 is 0 Å². The first kappa shape index (κ1) is 8.08. The minimum atomic E-state index is 1.00. The van der Waals surface area contributed by atoms with Crippen LogP contribution in [0.2, 0.25) is 0 Å². The molecule has 0 aliphatic rings. The van der Waals surface area contributed by atoms with E-state index in [4.69, 9.17) is 0 Å². The highest BCUT2D eigenvalue weighted by Gasteiger charge is 1.88. The summed E-state index contributed by atoms with van der Waals surface area (Å²) < 4.78 is 0. The quantitative estimate of drug-likeness (QED) is 0.500. The van der Waals surface area contributed by atoms with Crippen molar-refractivity contribution in [1.82, 2.24) is 0 Å². The standard InChI is InChI=1S/C7H12N2/c1-6(5-8-3)7(2)9-4/h5H,3H2,1-2,4H3/b6-5-,9-7?. The van der Waals surface area contributed by atoms with Crippen molar-refractivity contribution in [2.45, 2.75) is 13.8 Å². The minimum absolute atomic E-state index is 1.00. The molecule has 50 valence electrons. The Balaban J connectivity index is 4.19. The Morgan fingerprint density at radius 3 is 2.33 bits per heavy atom. The van der Waals surface area contributed by atoms with E-state index in [0.717, 1.165) is 11.3 Å². The van der Waals surface area contributed by atoms with Crippen LogP contribution >= 0.6 is 0 Å². The first-order chi connectivity index (χ1) is 4.22. The van der Waals surface area contributed by atoms with Crippen LogP contribution in [0.15, 0.2) is 21.8 Å². The highest BCUT2D eigenvalue weighted by Crippen LogP contribution is 1.94. The molecule has 0 aromatic heterocycles. The Bertz CT molecular complexity index is 154. The lowest BCUT2D eigenvalue weighted by molar-refractivity contribution is 1.37. The SMILES string of the molecule is C=N/C=C(/C)C(C)=NC. The average Bonchev–Trinajstić information content (AvgIpc) is 1.87. The number of allylic oxidation sites excluding steroid dienone is 1. The highest BCUT2D eigenvalue weighted by molar-refractivity contribution is 5.97.